The van der Waals surface area contributed by atoms with Gasteiger partial charge >= 0.3 is 6.09 Å². The third-order valence-corrected chi connectivity index (χ3v) is 6.95. The van der Waals surface area contributed by atoms with Crippen molar-refractivity contribution in [1.29, 1.82) is 0 Å². The Labute approximate surface area is 176 Å². The van der Waals surface area contributed by atoms with Crippen LogP contribution in [0.3, 0.4) is 0 Å². The van der Waals surface area contributed by atoms with Gasteiger partial charge in [0, 0.05) is 19.2 Å². The number of benzene rings is 1. The van der Waals surface area contributed by atoms with Crippen molar-refractivity contribution >= 4 is 17.7 Å². The number of aromatic nitrogens is 1. The summed E-state index contributed by atoms with van der Waals surface area (Å²) in [7, 11) is 0. The zero-order chi connectivity index (χ0) is 21.3. The minimum atomic E-state index is -0.508. The number of fused-ring (bicyclic) bond motifs is 4. The first kappa shape index (κ1) is 18.6. The highest BCUT2D eigenvalue weighted by molar-refractivity contribution is 5.93. The van der Waals surface area contributed by atoms with Crippen molar-refractivity contribution in [3.05, 3.63) is 41.4 Å². The molecule has 4 atom stereocenters. The van der Waals surface area contributed by atoms with Crippen LogP contribution in [0.5, 0.6) is 5.88 Å². The number of carbonyl (C=O) groups excluding carboxylic acids is 2. The molecule has 1 saturated carbocycles. The van der Waals surface area contributed by atoms with E-state index in [9.17, 15) is 9.59 Å². The van der Waals surface area contributed by atoms with Crippen LogP contribution in [0.1, 0.15) is 17.0 Å². The van der Waals surface area contributed by atoms with Crippen molar-refractivity contribution in [2.45, 2.75) is 24.5 Å². The number of amides is 2. The molecule has 10 heteroatoms. The van der Waals surface area contributed by atoms with E-state index in [2.05, 4.69) is 5.16 Å². The minimum absolute atomic E-state index is 0.0710. The molecule has 2 saturated heterocycles. The number of ether oxygens (including phenoxy) is 2. The van der Waals surface area contributed by atoms with Gasteiger partial charge in [-0.15, -0.1) is 0 Å². The molecule has 0 radical (unpaired) electrons. The monoisotopic (exact) mass is 429 g/mol. The summed E-state index contributed by atoms with van der Waals surface area (Å²) in [4.78, 5) is 27.3. The molecule has 3 fully saturated rings. The van der Waals surface area contributed by atoms with E-state index in [0.29, 0.717) is 36.6 Å². The molecular formula is C21H20FN3O6. The molecule has 1 aliphatic carbocycles. The summed E-state index contributed by atoms with van der Waals surface area (Å²) in [6.07, 6.45) is 0.940. The standard InChI is InChI=1S/C21H20FN3O6/c22-14-5-15-10(3-11(14)20-12-6-24(7-13(12)20)19(27)8-26)4-16-17(31-21(28)25(15)16)9-29-18-1-2-30-23-18/h1-3,5,12-13,16-17,20,26H,4,6-9H2/t12?,13?,16-,17-,20?/m0/s1. The number of likely N-dealkylation sites (tertiary alicyclic amines) is 1. The lowest BCUT2D eigenvalue weighted by Crippen LogP contribution is -2.36. The average molecular weight is 429 g/mol. The lowest BCUT2D eigenvalue weighted by Gasteiger charge is -2.19. The van der Waals surface area contributed by atoms with Crippen molar-refractivity contribution in [2.75, 3.05) is 31.2 Å². The molecule has 2 amide bonds. The zero-order valence-corrected chi connectivity index (χ0v) is 16.4. The van der Waals surface area contributed by atoms with Gasteiger partial charge in [0.15, 0.2) is 6.10 Å². The van der Waals surface area contributed by atoms with Crippen LogP contribution in [0.4, 0.5) is 14.9 Å². The van der Waals surface area contributed by atoms with Crippen molar-refractivity contribution in [3.63, 3.8) is 0 Å². The number of carbonyl (C=O) groups is 2. The summed E-state index contributed by atoms with van der Waals surface area (Å²) in [5, 5.41) is 12.7. The summed E-state index contributed by atoms with van der Waals surface area (Å²) in [6.45, 7) is 0.734. The van der Waals surface area contributed by atoms with Crippen LogP contribution in [-0.4, -0.2) is 65.6 Å². The summed E-state index contributed by atoms with van der Waals surface area (Å²) < 4.78 is 30.7. The van der Waals surface area contributed by atoms with E-state index >= 15 is 4.39 Å². The number of aliphatic hydroxyl groups excluding tert-OH is 1. The van der Waals surface area contributed by atoms with Gasteiger partial charge in [0.25, 0.3) is 5.88 Å². The van der Waals surface area contributed by atoms with E-state index in [1.165, 1.54) is 17.2 Å². The normalized spacial score (nSPS) is 30.1. The molecule has 0 spiro atoms. The number of rotatable bonds is 5. The Morgan fingerprint density at radius 3 is 2.84 bits per heavy atom. The third kappa shape index (κ3) is 2.81. The molecule has 3 aliphatic heterocycles. The molecule has 9 nitrogen and oxygen atoms in total. The number of piperidine rings is 1. The van der Waals surface area contributed by atoms with Crippen molar-refractivity contribution in [1.82, 2.24) is 10.1 Å². The molecule has 162 valence electrons. The van der Waals surface area contributed by atoms with Gasteiger partial charge in [0.2, 0.25) is 5.91 Å². The van der Waals surface area contributed by atoms with Crippen molar-refractivity contribution in [3.8, 4) is 5.88 Å². The summed E-state index contributed by atoms with van der Waals surface area (Å²) in [6, 6.07) is 4.60. The second kappa shape index (κ2) is 6.68. The highest BCUT2D eigenvalue weighted by Gasteiger charge is 2.58. The second-order valence-corrected chi connectivity index (χ2v) is 8.53. The largest absolute Gasteiger partial charge is 0.471 e. The fraction of sp³-hybridized carbons (Fsp3) is 0.476. The first-order valence-corrected chi connectivity index (χ1v) is 10.3. The van der Waals surface area contributed by atoms with Gasteiger partial charge in [0.05, 0.1) is 11.7 Å². The molecule has 6 rings (SSSR count). The van der Waals surface area contributed by atoms with E-state index < -0.39 is 18.8 Å². The maximum absolute atomic E-state index is 15.0. The number of hydrogen-bond acceptors (Lipinski definition) is 7. The zero-order valence-electron chi connectivity index (χ0n) is 16.4. The van der Waals surface area contributed by atoms with Crippen LogP contribution in [0.25, 0.3) is 0 Å². The maximum Gasteiger partial charge on any atom is 0.415 e. The van der Waals surface area contributed by atoms with Gasteiger partial charge in [-0.2, -0.15) is 0 Å². The Hall–Kier alpha value is -3.14. The fourth-order valence-corrected chi connectivity index (χ4v) is 5.44. The SMILES string of the molecule is O=C(CO)N1CC2C(C1)C2c1cc2c(cc1F)N1C(=O)O[C@@H](COc3ccon3)[C@@H]1C2. The number of halogens is 1. The Morgan fingerprint density at radius 2 is 2.13 bits per heavy atom. The molecule has 31 heavy (non-hydrogen) atoms. The highest BCUT2D eigenvalue weighted by Crippen LogP contribution is 2.59. The molecule has 4 aliphatic rings. The van der Waals surface area contributed by atoms with Gasteiger partial charge in [0.1, 0.15) is 25.3 Å². The fourth-order valence-electron chi connectivity index (χ4n) is 5.44. The minimum Gasteiger partial charge on any atom is -0.471 e. The molecule has 1 aromatic heterocycles. The van der Waals surface area contributed by atoms with Crippen LogP contribution in [0.15, 0.2) is 29.0 Å². The van der Waals surface area contributed by atoms with Gasteiger partial charge in [-0.25, -0.2) is 9.18 Å². The summed E-state index contributed by atoms with van der Waals surface area (Å²) >= 11 is 0. The molecule has 2 unspecified atom stereocenters. The van der Waals surface area contributed by atoms with E-state index in [-0.39, 0.29) is 42.1 Å². The second-order valence-electron chi connectivity index (χ2n) is 8.53. The Balaban J connectivity index is 1.19. The molecule has 0 bridgehead atoms. The predicted molar refractivity (Wildman–Crippen MR) is 102 cm³/mol. The number of anilines is 1. The molecule has 1 N–H and O–H groups in total. The third-order valence-electron chi connectivity index (χ3n) is 6.95. The van der Waals surface area contributed by atoms with Gasteiger partial charge < -0.3 is 24.0 Å². The Kier molecular flexibility index (Phi) is 4.01. The Morgan fingerprint density at radius 1 is 1.32 bits per heavy atom. The predicted octanol–water partition coefficient (Wildman–Crippen LogP) is 1.31. The van der Waals surface area contributed by atoms with Crippen LogP contribution in [-0.2, 0) is 16.0 Å². The highest BCUT2D eigenvalue weighted by atomic mass is 19.1. The topological polar surface area (TPSA) is 105 Å². The van der Waals surface area contributed by atoms with Crippen LogP contribution < -0.4 is 9.64 Å². The van der Waals surface area contributed by atoms with E-state index in [0.717, 1.165) is 5.56 Å². The lowest BCUT2D eigenvalue weighted by atomic mass is 9.99. The van der Waals surface area contributed by atoms with Crippen LogP contribution in [0.2, 0.25) is 0 Å². The molecule has 1 aromatic carbocycles. The number of nitrogens with zero attached hydrogens (tertiary/aromatic N) is 3. The summed E-state index contributed by atoms with van der Waals surface area (Å²) in [5.41, 5.74) is 2.11. The number of aliphatic hydroxyl groups is 1. The van der Waals surface area contributed by atoms with Gasteiger partial charge in [-0.3, -0.25) is 9.69 Å². The number of hydrogen-bond donors (Lipinski definition) is 1. The first-order chi connectivity index (χ1) is 15.0. The number of cyclic esters (lactones) is 1. The lowest BCUT2D eigenvalue weighted by molar-refractivity contribution is -0.133. The van der Waals surface area contributed by atoms with Crippen LogP contribution >= 0.6 is 0 Å². The molecule has 2 aromatic rings. The van der Waals surface area contributed by atoms with Crippen LogP contribution in [0, 0.1) is 17.7 Å². The molecule has 4 heterocycles. The van der Waals surface area contributed by atoms with E-state index in [4.69, 9.17) is 19.1 Å². The Bertz CT molecular complexity index is 1050. The van der Waals surface area contributed by atoms with Gasteiger partial charge in [-0.05, 0) is 46.5 Å². The van der Waals surface area contributed by atoms with Gasteiger partial charge in [-0.1, -0.05) is 6.07 Å². The average Bonchev–Trinajstić information content (AvgIpc) is 3.30. The summed E-state index contributed by atoms with van der Waals surface area (Å²) in [5.74, 6) is 0.206. The smallest absolute Gasteiger partial charge is 0.415 e. The van der Waals surface area contributed by atoms with Crippen molar-refractivity contribution < 1.29 is 33.1 Å². The van der Waals surface area contributed by atoms with E-state index in [1.54, 1.807) is 11.0 Å². The molecular weight excluding hydrogens is 409 g/mol. The quantitative estimate of drug-likeness (QED) is 0.764. The first-order valence-electron chi connectivity index (χ1n) is 10.3. The maximum atomic E-state index is 15.0. The van der Waals surface area contributed by atoms with E-state index in [1.807, 2.05) is 6.07 Å². The van der Waals surface area contributed by atoms with Crippen molar-refractivity contribution in [2.24, 2.45) is 11.8 Å².